The van der Waals surface area contributed by atoms with Crippen LogP contribution in [-0.4, -0.2) is 73.1 Å². The number of aromatic nitrogens is 4. The molecule has 4 rings (SSSR count). The predicted molar refractivity (Wildman–Crippen MR) is 144 cm³/mol. The molecule has 0 unspecified atom stereocenters. The molecule has 1 amide bonds. The van der Waals surface area contributed by atoms with Crippen molar-refractivity contribution in [1.82, 2.24) is 24.6 Å². The summed E-state index contributed by atoms with van der Waals surface area (Å²) in [6.45, 7) is 6.60. The molecule has 1 aromatic carbocycles. The lowest BCUT2D eigenvalue weighted by molar-refractivity contribution is -0.149. The van der Waals surface area contributed by atoms with Crippen LogP contribution in [0.4, 0.5) is 10.2 Å². The quantitative estimate of drug-likeness (QED) is 0.219. The highest BCUT2D eigenvalue weighted by atomic mass is 31.2. The molecule has 16 heteroatoms. The summed E-state index contributed by atoms with van der Waals surface area (Å²) >= 11 is 0. The number of aliphatic hydroxyl groups is 1. The molecular weight excluding hydrogens is 562 g/mol. The monoisotopic (exact) mass is 594 g/mol. The molecule has 3 N–H and O–H groups in total. The van der Waals surface area contributed by atoms with Crippen molar-refractivity contribution < 1.29 is 42.2 Å². The van der Waals surface area contributed by atoms with Crippen molar-refractivity contribution >= 4 is 36.6 Å². The van der Waals surface area contributed by atoms with Gasteiger partial charge in [0.1, 0.15) is 30.3 Å². The van der Waals surface area contributed by atoms with Crippen LogP contribution in [-0.2, 0) is 28.2 Å². The van der Waals surface area contributed by atoms with Gasteiger partial charge in [0, 0.05) is 6.92 Å². The summed E-state index contributed by atoms with van der Waals surface area (Å²) in [7, 11) is -4.30. The van der Waals surface area contributed by atoms with Gasteiger partial charge in [0.15, 0.2) is 28.9 Å². The Balaban J connectivity index is 1.55. The number of amides is 1. The molecule has 3 heterocycles. The van der Waals surface area contributed by atoms with E-state index in [1.807, 2.05) is 0 Å². The zero-order valence-electron chi connectivity index (χ0n) is 23.1. The molecule has 41 heavy (non-hydrogen) atoms. The van der Waals surface area contributed by atoms with Crippen LogP contribution in [0.2, 0.25) is 0 Å². The number of carbonyl (C=O) groups is 2. The van der Waals surface area contributed by atoms with Crippen molar-refractivity contribution in [2.24, 2.45) is 0 Å². The fourth-order valence-electron chi connectivity index (χ4n) is 4.14. The lowest BCUT2D eigenvalue weighted by Gasteiger charge is -2.25. The second-order valence-electron chi connectivity index (χ2n) is 9.88. The maximum Gasteiger partial charge on any atom is 0.459 e. The number of halogens is 1. The van der Waals surface area contributed by atoms with E-state index in [0.717, 1.165) is 6.92 Å². The normalized spacial score (nSPS) is 24.6. The van der Waals surface area contributed by atoms with Gasteiger partial charge >= 0.3 is 13.7 Å². The molecule has 0 radical (unpaired) electrons. The highest BCUT2D eigenvalue weighted by Gasteiger charge is 2.56. The highest BCUT2D eigenvalue weighted by Crippen LogP contribution is 2.48. The van der Waals surface area contributed by atoms with Gasteiger partial charge in [-0.2, -0.15) is 5.09 Å². The molecule has 0 aliphatic carbocycles. The Morgan fingerprint density at radius 1 is 1.22 bits per heavy atom. The van der Waals surface area contributed by atoms with Crippen molar-refractivity contribution in [2.75, 3.05) is 11.9 Å². The average molecular weight is 595 g/mol. The van der Waals surface area contributed by atoms with Crippen molar-refractivity contribution in [1.29, 1.82) is 0 Å². The summed E-state index contributed by atoms with van der Waals surface area (Å²) in [5, 5.41) is 15.9. The molecule has 14 nitrogen and oxygen atoms in total. The molecule has 0 spiro atoms. The van der Waals surface area contributed by atoms with Gasteiger partial charge in [0.25, 0.3) is 0 Å². The lowest BCUT2D eigenvalue weighted by atomic mass is 9.98. The predicted octanol–water partition coefficient (Wildman–Crippen LogP) is 2.90. The van der Waals surface area contributed by atoms with Gasteiger partial charge in [-0.15, -0.1) is 0 Å². The van der Waals surface area contributed by atoms with Crippen LogP contribution in [0.25, 0.3) is 11.2 Å². The van der Waals surface area contributed by atoms with Crippen LogP contribution in [0.15, 0.2) is 43.0 Å². The number of alkyl halides is 1. The Hall–Kier alpha value is -3.49. The van der Waals surface area contributed by atoms with E-state index >= 15 is 4.39 Å². The number of nitrogens with one attached hydrogen (secondary N) is 2. The van der Waals surface area contributed by atoms with Gasteiger partial charge in [-0.25, -0.2) is 23.9 Å². The van der Waals surface area contributed by atoms with Crippen LogP contribution in [0.5, 0.6) is 5.75 Å². The summed E-state index contributed by atoms with van der Waals surface area (Å²) in [5.41, 5.74) is -2.06. The highest BCUT2D eigenvalue weighted by molar-refractivity contribution is 7.52. The second-order valence-corrected chi connectivity index (χ2v) is 11.6. The van der Waals surface area contributed by atoms with E-state index in [4.69, 9.17) is 18.5 Å². The first-order valence-corrected chi connectivity index (χ1v) is 14.3. The van der Waals surface area contributed by atoms with Crippen LogP contribution in [0, 0.1) is 0 Å². The molecule has 0 saturated carbocycles. The largest absolute Gasteiger partial charge is 0.462 e. The zero-order valence-corrected chi connectivity index (χ0v) is 23.9. The summed E-state index contributed by atoms with van der Waals surface area (Å²) in [6.07, 6.45) is -2.50. The molecule has 1 saturated heterocycles. The maximum atomic E-state index is 16.0. The van der Waals surface area contributed by atoms with Gasteiger partial charge in [-0.3, -0.25) is 18.7 Å². The Bertz CT molecular complexity index is 1440. The number of rotatable bonds is 11. The minimum absolute atomic E-state index is 0.121. The lowest BCUT2D eigenvalue weighted by Crippen LogP contribution is -2.41. The van der Waals surface area contributed by atoms with Crippen LogP contribution in [0.1, 0.15) is 40.8 Å². The molecular formula is C25H32FN6O8P. The van der Waals surface area contributed by atoms with Crippen LogP contribution >= 0.6 is 7.75 Å². The number of ether oxygens (including phenoxy) is 2. The van der Waals surface area contributed by atoms with E-state index in [1.54, 1.807) is 32.0 Å². The molecule has 3 aromatic rings. The smallest absolute Gasteiger partial charge is 0.459 e. The van der Waals surface area contributed by atoms with Crippen molar-refractivity contribution in [3.63, 3.8) is 0 Å². The summed E-state index contributed by atoms with van der Waals surface area (Å²) in [4.78, 5) is 36.2. The van der Waals surface area contributed by atoms with Gasteiger partial charge < -0.3 is 24.4 Å². The first-order chi connectivity index (χ1) is 19.3. The third-order valence-corrected chi connectivity index (χ3v) is 7.70. The van der Waals surface area contributed by atoms with Crippen LogP contribution < -0.4 is 14.9 Å². The minimum Gasteiger partial charge on any atom is -0.462 e. The van der Waals surface area contributed by atoms with E-state index in [1.165, 1.54) is 43.2 Å². The summed E-state index contributed by atoms with van der Waals surface area (Å²) < 4.78 is 53.2. The van der Waals surface area contributed by atoms with Gasteiger partial charge in [0.2, 0.25) is 5.91 Å². The number of nitrogens with zero attached hydrogens (tertiary/aromatic N) is 4. The third-order valence-electron chi connectivity index (χ3n) is 6.06. The SMILES string of the molecule is CC(=O)Nc1ncnc2c1ncn2[C@@H]1O[C@H](CO[P@](=O)(N[C@@H](C)C(=O)OC(C)C)Oc2ccccc2)[C@@H](O)[C@@]1(C)F. The molecule has 2 aromatic heterocycles. The number of hydrogen-bond donors (Lipinski definition) is 3. The molecule has 222 valence electrons. The maximum absolute atomic E-state index is 16.0. The van der Waals surface area contributed by atoms with Gasteiger partial charge in [0.05, 0.1) is 19.0 Å². The Kier molecular flexibility index (Phi) is 9.04. The fourth-order valence-corrected chi connectivity index (χ4v) is 5.64. The molecule has 1 aliphatic rings. The summed E-state index contributed by atoms with van der Waals surface area (Å²) in [5.74, 6) is -0.785. The first kappa shape index (κ1) is 30.5. The Morgan fingerprint density at radius 2 is 1.93 bits per heavy atom. The van der Waals surface area contributed by atoms with Crippen molar-refractivity contribution in [2.45, 2.75) is 70.9 Å². The van der Waals surface area contributed by atoms with E-state index < -0.39 is 56.6 Å². The second kappa shape index (κ2) is 12.2. The molecule has 6 atom stereocenters. The van der Waals surface area contributed by atoms with E-state index in [9.17, 15) is 19.3 Å². The van der Waals surface area contributed by atoms with Gasteiger partial charge in [-0.05, 0) is 39.8 Å². The Morgan fingerprint density at radius 3 is 2.59 bits per heavy atom. The first-order valence-electron chi connectivity index (χ1n) is 12.8. The van der Waals surface area contributed by atoms with Crippen molar-refractivity contribution in [3.8, 4) is 5.75 Å². The zero-order chi connectivity index (χ0) is 29.9. The number of aliphatic hydroxyl groups excluding tert-OH is 1. The number of imidazole rings is 1. The number of benzene rings is 1. The fraction of sp³-hybridized carbons (Fsp3) is 0.480. The Labute approximate surface area is 235 Å². The number of fused-ring (bicyclic) bond motifs is 1. The average Bonchev–Trinajstić information content (AvgIpc) is 3.41. The minimum atomic E-state index is -4.30. The number of para-hydroxylation sites is 1. The number of anilines is 1. The van der Waals surface area contributed by atoms with E-state index in [2.05, 4.69) is 25.4 Å². The van der Waals surface area contributed by atoms with Gasteiger partial charge in [-0.1, -0.05) is 18.2 Å². The number of hydrogen-bond acceptors (Lipinski definition) is 11. The number of esters is 1. The topological polar surface area (TPSA) is 176 Å². The number of carbonyl (C=O) groups excluding carboxylic acids is 2. The molecule has 1 aliphatic heterocycles. The molecule has 0 bridgehead atoms. The summed E-state index contributed by atoms with van der Waals surface area (Å²) in [6, 6.07) is 6.99. The third kappa shape index (κ3) is 6.88. The molecule has 1 fully saturated rings. The van der Waals surface area contributed by atoms with Crippen LogP contribution in [0.3, 0.4) is 0 Å². The standard InChI is InChI=1S/C25H32FN6O8P/c1-14(2)38-23(35)15(3)31-41(36,40-17-9-7-6-8-10-17)37-11-18-20(34)25(5,26)24(39-18)32-13-29-19-21(30-16(4)33)27-12-28-22(19)32/h6-10,12-15,18,20,24,34H,11H2,1-5H3,(H,31,36)(H,27,28,30,33)/t15-,18+,20+,24+,25+,41+/m0/s1. The van der Waals surface area contributed by atoms with Crippen molar-refractivity contribution in [3.05, 3.63) is 43.0 Å². The van der Waals surface area contributed by atoms with E-state index in [0.29, 0.717) is 0 Å². The van der Waals surface area contributed by atoms with E-state index in [-0.39, 0.29) is 28.6 Å².